The number of non-ortho nitro benzene ring substituents is 1. The van der Waals surface area contributed by atoms with Gasteiger partial charge in [-0.25, -0.2) is 0 Å². The van der Waals surface area contributed by atoms with Crippen molar-refractivity contribution in [3.63, 3.8) is 0 Å². The summed E-state index contributed by atoms with van der Waals surface area (Å²) in [5, 5.41) is 34.9. The average Bonchev–Trinajstić information content (AvgIpc) is 2.66. The maximum atomic E-state index is 12.8. The van der Waals surface area contributed by atoms with Gasteiger partial charge >= 0.3 is 11.9 Å². The van der Waals surface area contributed by atoms with Gasteiger partial charge in [-0.3, -0.25) is 19.7 Å². The number of rotatable bonds is 6. The van der Waals surface area contributed by atoms with Crippen LogP contribution < -0.4 is 0 Å². The van der Waals surface area contributed by atoms with E-state index in [2.05, 4.69) is 5.16 Å². The van der Waals surface area contributed by atoms with Gasteiger partial charge in [-0.1, -0.05) is 17.3 Å². The molecule has 4 unspecified atom stereocenters. The number of hydrogen-bond donors (Lipinski definition) is 2. The summed E-state index contributed by atoms with van der Waals surface area (Å²) in [6.07, 6.45) is -0.276. The van der Waals surface area contributed by atoms with Crippen LogP contribution in [0.1, 0.15) is 38.7 Å². The Kier molecular flexibility index (Phi) is 6.91. The normalized spacial score (nSPS) is 28.0. The largest absolute Gasteiger partial charge is 0.466 e. The molecule has 0 heterocycles. The van der Waals surface area contributed by atoms with E-state index in [-0.39, 0.29) is 36.6 Å². The lowest BCUT2D eigenvalue weighted by Gasteiger charge is -2.44. The second-order valence-corrected chi connectivity index (χ2v) is 6.96. The van der Waals surface area contributed by atoms with Gasteiger partial charge in [-0.05, 0) is 26.3 Å². The molecule has 2 rings (SSSR count). The van der Waals surface area contributed by atoms with E-state index < -0.39 is 40.2 Å². The number of hydrogen-bond acceptors (Lipinski definition) is 9. The number of ether oxygens (including phenoxy) is 2. The number of nitrogens with zero attached hydrogens (tertiary/aromatic N) is 2. The first kappa shape index (κ1) is 22.3. The van der Waals surface area contributed by atoms with Crippen molar-refractivity contribution >= 4 is 23.3 Å². The first-order valence-corrected chi connectivity index (χ1v) is 9.18. The Morgan fingerprint density at radius 3 is 2.45 bits per heavy atom. The van der Waals surface area contributed by atoms with E-state index in [1.807, 2.05) is 0 Å². The molecule has 2 N–H and O–H groups in total. The molecule has 0 radical (unpaired) electrons. The SMILES string of the molecule is CCOC(=O)C1/C(=N\O)CC(C)(O)C(C(=O)OCC)C1c1cccc([N+](=O)[O-])c1. The van der Waals surface area contributed by atoms with Crippen LogP contribution in [-0.2, 0) is 19.1 Å². The molecule has 1 aliphatic carbocycles. The molecule has 1 fully saturated rings. The van der Waals surface area contributed by atoms with Gasteiger partial charge in [0, 0.05) is 24.5 Å². The van der Waals surface area contributed by atoms with Crippen LogP contribution in [0.3, 0.4) is 0 Å². The Labute approximate surface area is 167 Å². The zero-order valence-corrected chi connectivity index (χ0v) is 16.4. The maximum Gasteiger partial charge on any atom is 0.315 e. The van der Waals surface area contributed by atoms with Crippen molar-refractivity contribution in [1.82, 2.24) is 0 Å². The molecule has 1 saturated carbocycles. The summed E-state index contributed by atoms with van der Waals surface area (Å²) < 4.78 is 10.2. The zero-order valence-electron chi connectivity index (χ0n) is 16.4. The molecule has 29 heavy (non-hydrogen) atoms. The molecular weight excluding hydrogens is 384 g/mol. The molecule has 0 aliphatic heterocycles. The fourth-order valence-electron chi connectivity index (χ4n) is 3.85. The number of nitro groups is 1. The van der Waals surface area contributed by atoms with Gasteiger partial charge in [-0.15, -0.1) is 0 Å². The van der Waals surface area contributed by atoms with Gasteiger partial charge in [0.2, 0.25) is 0 Å². The molecule has 0 aromatic heterocycles. The fourth-order valence-corrected chi connectivity index (χ4v) is 3.85. The summed E-state index contributed by atoms with van der Waals surface area (Å²) in [6, 6.07) is 5.41. The molecule has 1 aromatic carbocycles. The van der Waals surface area contributed by atoms with Crippen LogP contribution in [0.15, 0.2) is 29.4 Å². The molecule has 0 spiro atoms. The van der Waals surface area contributed by atoms with E-state index in [9.17, 15) is 30.0 Å². The number of esters is 2. The van der Waals surface area contributed by atoms with Crippen molar-refractivity contribution in [2.45, 2.75) is 38.7 Å². The summed E-state index contributed by atoms with van der Waals surface area (Å²) in [5.74, 6) is -5.09. The number of carbonyl (C=O) groups is 2. The van der Waals surface area contributed by atoms with Crippen molar-refractivity contribution in [2.75, 3.05) is 13.2 Å². The van der Waals surface area contributed by atoms with E-state index in [4.69, 9.17) is 9.47 Å². The van der Waals surface area contributed by atoms with Crippen LogP contribution in [-0.4, -0.2) is 51.7 Å². The topological polar surface area (TPSA) is 149 Å². The van der Waals surface area contributed by atoms with Gasteiger partial charge in [0.1, 0.15) is 5.92 Å². The standard InChI is InChI=1S/C19H24N2O8/c1-4-28-17(22)15-13(20-25)10-19(3,24)16(18(23)29-5-2)14(15)11-7-6-8-12(9-11)21(26)27/h6-9,14-16,24-25H,4-5,10H2,1-3H3/b20-13-. The monoisotopic (exact) mass is 408 g/mol. The molecule has 158 valence electrons. The number of carbonyl (C=O) groups excluding carboxylic acids is 2. The molecule has 10 nitrogen and oxygen atoms in total. The summed E-state index contributed by atoms with van der Waals surface area (Å²) in [6.45, 7) is 4.64. The lowest BCUT2D eigenvalue weighted by Crippen LogP contribution is -2.55. The second kappa shape index (κ2) is 8.99. The Bertz CT molecular complexity index is 820. The van der Waals surface area contributed by atoms with E-state index in [0.29, 0.717) is 0 Å². The van der Waals surface area contributed by atoms with E-state index in [1.165, 1.54) is 31.2 Å². The van der Waals surface area contributed by atoms with Crippen molar-refractivity contribution in [3.8, 4) is 0 Å². The van der Waals surface area contributed by atoms with Crippen molar-refractivity contribution < 1.29 is 34.3 Å². The highest BCUT2D eigenvalue weighted by molar-refractivity contribution is 6.05. The van der Waals surface area contributed by atoms with Crippen LogP contribution in [0, 0.1) is 22.0 Å². The highest BCUT2D eigenvalue weighted by atomic mass is 16.6. The third-order valence-electron chi connectivity index (χ3n) is 4.96. The first-order chi connectivity index (χ1) is 13.7. The van der Waals surface area contributed by atoms with Crippen LogP contribution in [0.25, 0.3) is 0 Å². The predicted molar refractivity (Wildman–Crippen MR) is 101 cm³/mol. The molecule has 1 aromatic rings. The van der Waals surface area contributed by atoms with Crippen LogP contribution in [0.4, 0.5) is 5.69 Å². The van der Waals surface area contributed by atoms with Gasteiger partial charge in [0.15, 0.2) is 0 Å². The molecule has 0 amide bonds. The summed E-state index contributed by atoms with van der Waals surface area (Å²) >= 11 is 0. The van der Waals surface area contributed by atoms with Crippen LogP contribution >= 0.6 is 0 Å². The molecule has 1 aliphatic rings. The average molecular weight is 408 g/mol. The third-order valence-corrected chi connectivity index (χ3v) is 4.96. The summed E-state index contributed by atoms with van der Waals surface area (Å²) in [5.41, 5.74) is -1.81. The molecule has 4 atom stereocenters. The Morgan fingerprint density at radius 2 is 1.90 bits per heavy atom. The minimum atomic E-state index is -1.73. The van der Waals surface area contributed by atoms with Crippen molar-refractivity contribution in [2.24, 2.45) is 17.0 Å². The van der Waals surface area contributed by atoms with Gasteiger partial charge in [-0.2, -0.15) is 0 Å². The van der Waals surface area contributed by atoms with E-state index >= 15 is 0 Å². The maximum absolute atomic E-state index is 12.8. The highest BCUT2D eigenvalue weighted by Crippen LogP contribution is 2.47. The van der Waals surface area contributed by atoms with Gasteiger partial charge in [0.25, 0.3) is 5.69 Å². The fraction of sp³-hybridized carbons (Fsp3) is 0.526. The Balaban J connectivity index is 2.72. The molecule has 0 bridgehead atoms. The first-order valence-electron chi connectivity index (χ1n) is 9.18. The number of oxime groups is 1. The molecular formula is C19H24N2O8. The van der Waals surface area contributed by atoms with E-state index in [1.54, 1.807) is 13.8 Å². The Hall–Kier alpha value is -3.01. The molecule has 0 saturated heterocycles. The van der Waals surface area contributed by atoms with Crippen molar-refractivity contribution in [3.05, 3.63) is 39.9 Å². The minimum absolute atomic E-state index is 0.0379. The number of benzene rings is 1. The van der Waals surface area contributed by atoms with Crippen molar-refractivity contribution in [1.29, 1.82) is 0 Å². The quantitative estimate of drug-likeness (QED) is 0.314. The number of aliphatic hydroxyl groups is 1. The van der Waals surface area contributed by atoms with Gasteiger partial charge in [0.05, 0.1) is 35.4 Å². The predicted octanol–water partition coefficient (Wildman–Crippen LogP) is 2.02. The van der Waals surface area contributed by atoms with Crippen LogP contribution in [0.2, 0.25) is 0 Å². The van der Waals surface area contributed by atoms with Crippen LogP contribution in [0.5, 0.6) is 0 Å². The molecule has 10 heteroatoms. The van der Waals surface area contributed by atoms with Gasteiger partial charge < -0.3 is 19.8 Å². The third kappa shape index (κ3) is 4.53. The smallest absolute Gasteiger partial charge is 0.315 e. The highest BCUT2D eigenvalue weighted by Gasteiger charge is 2.56. The second-order valence-electron chi connectivity index (χ2n) is 6.96. The lowest BCUT2D eigenvalue weighted by atomic mass is 9.61. The number of nitro benzene ring substituents is 1. The summed E-state index contributed by atoms with van der Waals surface area (Å²) in [7, 11) is 0. The Morgan fingerprint density at radius 1 is 1.28 bits per heavy atom. The summed E-state index contributed by atoms with van der Waals surface area (Å²) in [4.78, 5) is 36.1. The lowest BCUT2D eigenvalue weighted by molar-refractivity contribution is -0.385. The minimum Gasteiger partial charge on any atom is -0.466 e. The van der Waals surface area contributed by atoms with E-state index in [0.717, 1.165) is 0 Å². The zero-order chi connectivity index (χ0) is 21.8.